The number of fused-ring (bicyclic) bond motifs is 1. The Kier molecular flexibility index (Phi) is 3.96. The number of H-pyrrole nitrogens is 1. The van der Waals surface area contributed by atoms with Crippen molar-refractivity contribution in [1.82, 2.24) is 9.97 Å². The first kappa shape index (κ1) is 16.0. The maximum Gasteiger partial charge on any atom is 0.261 e. The van der Waals surface area contributed by atoms with Crippen molar-refractivity contribution < 1.29 is 17.9 Å². The largest absolute Gasteiger partial charge is 0.496 e. The first-order valence-corrected chi connectivity index (χ1v) is 8.40. The summed E-state index contributed by atoms with van der Waals surface area (Å²) in [6, 6.07) is 11.1. The van der Waals surface area contributed by atoms with Crippen LogP contribution in [0, 0.1) is 0 Å². The lowest BCUT2D eigenvalue weighted by molar-refractivity contribution is 0.102. The van der Waals surface area contributed by atoms with Crippen LogP contribution >= 0.6 is 0 Å². The summed E-state index contributed by atoms with van der Waals surface area (Å²) >= 11 is 0. The van der Waals surface area contributed by atoms with Gasteiger partial charge in [-0.1, -0.05) is 12.1 Å². The maximum atomic E-state index is 12.5. The van der Waals surface area contributed by atoms with Crippen molar-refractivity contribution in [3.63, 3.8) is 0 Å². The van der Waals surface area contributed by atoms with E-state index in [2.05, 4.69) is 15.3 Å². The SMILES string of the molecule is COc1ccc(S(N)(=O)=O)cc1C(=O)Nc1nc2ccccc2[nH]1. The Morgan fingerprint density at radius 1 is 1.25 bits per heavy atom. The molecule has 0 unspecified atom stereocenters. The molecule has 24 heavy (non-hydrogen) atoms. The number of anilines is 1. The molecule has 0 aliphatic rings. The molecule has 0 atom stereocenters. The highest BCUT2D eigenvalue weighted by Gasteiger charge is 2.18. The Hall–Kier alpha value is -2.91. The molecule has 0 aliphatic carbocycles. The third kappa shape index (κ3) is 3.07. The third-order valence-electron chi connectivity index (χ3n) is 3.37. The molecule has 0 saturated heterocycles. The van der Waals surface area contributed by atoms with E-state index in [9.17, 15) is 13.2 Å². The second-order valence-corrected chi connectivity index (χ2v) is 6.53. The summed E-state index contributed by atoms with van der Waals surface area (Å²) in [5.74, 6) is -0.114. The van der Waals surface area contributed by atoms with Gasteiger partial charge in [-0.2, -0.15) is 0 Å². The number of amides is 1. The van der Waals surface area contributed by atoms with Crippen molar-refractivity contribution in [3.05, 3.63) is 48.0 Å². The van der Waals surface area contributed by atoms with Crippen molar-refractivity contribution in [2.45, 2.75) is 4.90 Å². The van der Waals surface area contributed by atoms with E-state index in [4.69, 9.17) is 9.88 Å². The van der Waals surface area contributed by atoms with Crippen molar-refractivity contribution in [3.8, 4) is 5.75 Å². The average Bonchev–Trinajstić information content (AvgIpc) is 2.95. The van der Waals surface area contributed by atoms with E-state index in [1.807, 2.05) is 18.2 Å². The van der Waals surface area contributed by atoms with Gasteiger partial charge >= 0.3 is 0 Å². The van der Waals surface area contributed by atoms with Crippen LogP contribution in [0.1, 0.15) is 10.4 Å². The molecule has 0 fully saturated rings. The fourth-order valence-corrected chi connectivity index (χ4v) is 2.77. The molecule has 9 heteroatoms. The highest BCUT2D eigenvalue weighted by atomic mass is 32.2. The van der Waals surface area contributed by atoms with Gasteiger partial charge in [-0.3, -0.25) is 10.1 Å². The third-order valence-corrected chi connectivity index (χ3v) is 4.28. The molecule has 0 radical (unpaired) electrons. The number of nitrogens with one attached hydrogen (secondary N) is 2. The molecular formula is C15H14N4O4S. The molecule has 0 bridgehead atoms. The van der Waals surface area contributed by atoms with Gasteiger partial charge in [0.05, 0.1) is 28.6 Å². The average molecular weight is 346 g/mol. The Morgan fingerprint density at radius 3 is 2.67 bits per heavy atom. The highest BCUT2D eigenvalue weighted by molar-refractivity contribution is 7.89. The van der Waals surface area contributed by atoms with Crippen LogP contribution < -0.4 is 15.2 Å². The van der Waals surface area contributed by atoms with Gasteiger partial charge in [-0.25, -0.2) is 18.5 Å². The van der Waals surface area contributed by atoms with E-state index in [0.29, 0.717) is 5.52 Å². The van der Waals surface area contributed by atoms with Gasteiger partial charge in [0.15, 0.2) is 0 Å². The van der Waals surface area contributed by atoms with Crippen LogP contribution in [0.15, 0.2) is 47.4 Å². The highest BCUT2D eigenvalue weighted by Crippen LogP contribution is 2.23. The number of benzene rings is 2. The van der Waals surface area contributed by atoms with E-state index < -0.39 is 15.9 Å². The zero-order valence-electron chi connectivity index (χ0n) is 12.6. The first-order valence-electron chi connectivity index (χ1n) is 6.85. The van der Waals surface area contributed by atoms with Crippen molar-refractivity contribution >= 4 is 32.9 Å². The number of nitrogens with two attached hydrogens (primary N) is 1. The predicted octanol–water partition coefficient (Wildman–Crippen LogP) is 1.47. The second-order valence-electron chi connectivity index (χ2n) is 4.96. The van der Waals surface area contributed by atoms with Crippen LogP contribution in [-0.2, 0) is 10.0 Å². The van der Waals surface area contributed by atoms with E-state index in [0.717, 1.165) is 11.6 Å². The lowest BCUT2D eigenvalue weighted by Crippen LogP contribution is -2.17. The summed E-state index contributed by atoms with van der Waals surface area (Å²) < 4.78 is 28.0. The van der Waals surface area contributed by atoms with Crippen molar-refractivity contribution in [1.29, 1.82) is 0 Å². The Labute approximate surface area is 137 Å². The van der Waals surface area contributed by atoms with Gasteiger partial charge in [-0.15, -0.1) is 0 Å². The summed E-state index contributed by atoms with van der Waals surface area (Å²) in [6.45, 7) is 0. The fraction of sp³-hybridized carbons (Fsp3) is 0.0667. The molecule has 4 N–H and O–H groups in total. The van der Waals surface area contributed by atoms with Crippen molar-refractivity contribution in [2.75, 3.05) is 12.4 Å². The Bertz CT molecular complexity index is 994. The summed E-state index contributed by atoms with van der Waals surface area (Å²) in [5.41, 5.74) is 1.49. The number of imidazole rings is 1. The Balaban J connectivity index is 1.96. The molecule has 3 aromatic rings. The van der Waals surface area contributed by atoms with Crippen LogP contribution in [0.2, 0.25) is 0 Å². The van der Waals surface area contributed by atoms with Crippen LogP contribution in [0.25, 0.3) is 11.0 Å². The zero-order chi connectivity index (χ0) is 17.3. The number of carbonyl (C=O) groups is 1. The minimum Gasteiger partial charge on any atom is -0.496 e. The normalized spacial score (nSPS) is 11.4. The monoisotopic (exact) mass is 346 g/mol. The minimum atomic E-state index is -3.94. The Morgan fingerprint density at radius 2 is 2.00 bits per heavy atom. The number of methoxy groups -OCH3 is 1. The molecule has 0 spiro atoms. The number of hydrogen-bond acceptors (Lipinski definition) is 5. The number of carbonyl (C=O) groups excluding carboxylic acids is 1. The molecule has 0 saturated carbocycles. The molecule has 1 heterocycles. The van der Waals surface area contributed by atoms with Gasteiger partial charge < -0.3 is 9.72 Å². The van der Waals surface area contributed by atoms with Gasteiger partial charge in [0.1, 0.15) is 5.75 Å². The summed E-state index contributed by atoms with van der Waals surface area (Å²) in [6.07, 6.45) is 0. The van der Waals surface area contributed by atoms with Gasteiger partial charge in [0.2, 0.25) is 16.0 Å². The predicted molar refractivity (Wildman–Crippen MR) is 88.4 cm³/mol. The molecule has 3 rings (SSSR count). The minimum absolute atomic E-state index is 0.0319. The number of nitrogens with zero attached hydrogens (tertiary/aromatic N) is 1. The molecular weight excluding hydrogens is 332 g/mol. The fourth-order valence-electron chi connectivity index (χ4n) is 2.23. The summed E-state index contributed by atoms with van der Waals surface area (Å²) in [7, 11) is -2.56. The van der Waals surface area contributed by atoms with Crippen LogP contribution in [0.5, 0.6) is 5.75 Å². The van der Waals surface area contributed by atoms with Gasteiger partial charge in [0.25, 0.3) is 5.91 Å². The second kappa shape index (κ2) is 5.95. The number of rotatable bonds is 4. The van der Waals surface area contributed by atoms with Crippen molar-refractivity contribution in [2.24, 2.45) is 5.14 Å². The lowest BCUT2D eigenvalue weighted by Gasteiger charge is -2.09. The topological polar surface area (TPSA) is 127 Å². The van der Waals surface area contributed by atoms with Crippen LogP contribution in [-0.4, -0.2) is 31.4 Å². The maximum absolute atomic E-state index is 12.5. The van der Waals surface area contributed by atoms with E-state index in [-0.39, 0.29) is 22.2 Å². The molecule has 8 nitrogen and oxygen atoms in total. The number of para-hydroxylation sites is 2. The molecule has 2 aromatic carbocycles. The molecule has 0 aliphatic heterocycles. The van der Waals surface area contributed by atoms with E-state index >= 15 is 0 Å². The number of aromatic nitrogens is 2. The zero-order valence-corrected chi connectivity index (χ0v) is 13.4. The number of sulfonamides is 1. The summed E-state index contributed by atoms with van der Waals surface area (Å²) in [4.78, 5) is 19.5. The quantitative estimate of drug-likeness (QED) is 0.659. The van der Waals surface area contributed by atoms with E-state index in [1.54, 1.807) is 6.07 Å². The number of aromatic amines is 1. The molecule has 1 aromatic heterocycles. The van der Waals surface area contributed by atoms with Crippen LogP contribution in [0.3, 0.4) is 0 Å². The van der Waals surface area contributed by atoms with E-state index in [1.165, 1.54) is 19.2 Å². The van der Waals surface area contributed by atoms with Crippen LogP contribution in [0.4, 0.5) is 5.95 Å². The molecule has 1 amide bonds. The number of ether oxygens (including phenoxy) is 1. The first-order chi connectivity index (χ1) is 11.4. The lowest BCUT2D eigenvalue weighted by atomic mass is 10.2. The molecule has 124 valence electrons. The summed E-state index contributed by atoms with van der Waals surface area (Å²) in [5, 5.41) is 7.68. The van der Waals surface area contributed by atoms with Gasteiger partial charge in [-0.05, 0) is 30.3 Å². The number of primary sulfonamides is 1. The number of hydrogen-bond donors (Lipinski definition) is 3. The van der Waals surface area contributed by atoms with Gasteiger partial charge in [0, 0.05) is 0 Å². The standard InChI is InChI=1S/C15H14N4O4S/c1-23-13-7-6-9(24(16,21)22)8-10(13)14(20)19-15-17-11-4-2-3-5-12(11)18-15/h2-8H,1H3,(H2,16,21,22)(H2,17,18,19,20). The smallest absolute Gasteiger partial charge is 0.261 e.